The zero-order chi connectivity index (χ0) is 22.0. The van der Waals surface area contributed by atoms with E-state index in [0.717, 1.165) is 54.0 Å². The summed E-state index contributed by atoms with van der Waals surface area (Å²) in [5.74, 6) is -1.00. The van der Waals surface area contributed by atoms with Crippen molar-refractivity contribution < 1.29 is 13.9 Å². The number of fused-ring (bicyclic) bond motifs is 2. The first-order valence-corrected chi connectivity index (χ1v) is 10.8. The third kappa shape index (κ3) is 4.87. The number of carbonyl (C=O) groups is 1. The van der Waals surface area contributed by atoms with Gasteiger partial charge >= 0.3 is 0 Å². The maximum absolute atomic E-state index is 14.2. The minimum absolute atomic E-state index is 0. The predicted molar refractivity (Wildman–Crippen MR) is 129 cm³/mol. The summed E-state index contributed by atoms with van der Waals surface area (Å²) in [6, 6.07) is 8.48. The van der Waals surface area contributed by atoms with Gasteiger partial charge < -0.3 is 20.4 Å². The molecule has 3 aromatic rings. The highest BCUT2D eigenvalue weighted by Crippen LogP contribution is 2.33. The summed E-state index contributed by atoms with van der Waals surface area (Å²) in [7, 11) is 0. The monoisotopic (exact) mass is 477 g/mol. The van der Waals surface area contributed by atoms with Gasteiger partial charge in [0.2, 0.25) is 5.91 Å². The number of hydrogen-bond acceptors (Lipinski definition) is 3. The summed E-state index contributed by atoms with van der Waals surface area (Å²) in [6.45, 7) is 4.02. The molecule has 0 unspecified atom stereocenters. The number of primary amides is 1. The molecule has 0 saturated heterocycles. The Labute approximate surface area is 197 Å². The first-order chi connectivity index (χ1) is 15.0. The fraction of sp³-hybridized carbons (Fsp3) is 0.292. The summed E-state index contributed by atoms with van der Waals surface area (Å²) in [4.78, 5) is 17.3. The largest absolute Gasteiger partial charge is 0.484 e. The summed E-state index contributed by atoms with van der Waals surface area (Å²) in [5, 5.41) is 1.87. The highest BCUT2D eigenvalue weighted by atomic mass is 35.5. The molecular weight excluding hydrogens is 452 g/mol. The van der Waals surface area contributed by atoms with Crippen molar-refractivity contribution in [1.29, 1.82) is 0 Å². The van der Waals surface area contributed by atoms with Crippen LogP contribution in [0.2, 0.25) is 5.02 Å². The Balaban J connectivity index is 0.00000289. The molecule has 0 fully saturated rings. The van der Waals surface area contributed by atoms with Crippen LogP contribution in [0.15, 0.2) is 42.2 Å². The lowest BCUT2D eigenvalue weighted by atomic mass is 10.0. The standard InChI is InChI=1S/C24H25ClFN3O2.ClH/c1-2-9-29(10-3-4-15-13-28-22-8-5-16(25)11-19(15)22)17-12-20-18(24(27)30)6-7-21(26)23(20)31-14-17;/h5-8,11-13,28H,2-4,9-10,14H2,1H3,(H2,27,30);1H. The van der Waals surface area contributed by atoms with Crippen molar-refractivity contribution in [2.24, 2.45) is 5.73 Å². The van der Waals surface area contributed by atoms with E-state index in [0.29, 0.717) is 5.56 Å². The maximum atomic E-state index is 14.2. The van der Waals surface area contributed by atoms with Gasteiger partial charge in [-0.2, -0.15) is 0 Å². The number of nitrogens with zero attached hydrogens (tertiary/aromatic N) is 1. The Morgan fingerprint density at radius 1 is 1.28 bits per heavy atom. The Bertz CT molecular complexity index is 1160. The Hall–Kier alpha value is -2.70. The van der Waals surface area contributed by atoms with Gasteiger partial charge in [0, 0.05) is 40.8 Å². The number of halogens is 3. The van der Waals surface area contributed by atoms with Crippen LogP contribution in [0.5, 0.6) is 5.75 Å². The number of amides is 1. The Morgan fingerprint density at radius 2 is 2.09 bits per heavy atom. The van der Waals surface area contributed by atoms with Crippen LogP contribution in [0.1, 0.15) is 41.3 Å². The average molecular weight is 478 g/mol. The van der Waals surface area contributed by atoms with Crippen molar-refractivity contribution in [3.63, 3.8) is 0 Å². The van der Waals surface area contributed by atoms with E-state index >= 15 is 0 Å². The van der Waals surface area contributed by atoms with Gasteiger partial charge in [0.15, 0.2) is 11.6 Å². The second-order valence-electron chi connectivity index (χ2n) is 7.72. The van der Waals surface area contributed by atoms with E-state index in [2.05, 4.69) is 16.8 Å². The van der Waals surface area contributed by atoms with Gasteiger partial charge in [0.25, 0.3) is 0 Å². The molecule has 1 aliphatic rings. The molecule has 170 valence electrons. The Morgan fingerprint density at radius 3 is 2.84 bits per heavy atom. The van der Waals surface area contributed by atoms with Gasteiger partial charge in [-0.1, -0.05) is 18.5 Å². The lowest BCUT2D eigenvalue weighted by Gasteiger charge is -2.30. The van der Waals surface area contributed by atoms with Crippen molar-refractivity contribution in [3.8, 4) is 5.75 Å². The number of rotatable bonds is 8. The molecule has 0 radical (unpaired) electrons. The zero-order valence-corrected chi connectivity index (χ0v) is 19.4. The van der Waals surface area contributed by atoms with Crippen LogP contribution >= 0.6 is 24.0 Å². The molecule has 32 heavy (non-hydrogen) atoms. The number of benzene rings is 2. The van der Waals surface area contributed by atoms with Gasteiger partial charge in [-0.15, -0.1) is 12.4 Å². The van der Waals surface area contributed by atoms with Gasteiger partial charge in [-0.3, -0.25) is 4.79 Å². The molecule has 0 aliphatic carbocycles. The second kappa shape index (κ2) is 10.3. The van der Waals surface area contributed by atoms with Crippen LogP contribution in [0.3, 0.4) is 0 Å². The molecule has 1 aromatic heterocycles. The molecule has 2 aromatic carbocycles. The second-order valence-corrected chi connectivity index (χ2v) is 8.16. The molecule has 4 rings (SSSR count). The lowest BCUT2D eigenvalue weighted by Crippen LogP contribution is -2.30. The van der Waals surface area contributed by atoms with Crippen molar-refractivity contribution in [3.05, 3.63) is 69.8 Å². The molecule has 2 heterocycles. The first-order valence-electron chi connectivity index (χ1n) is 10.4. The molecule has 3 N–H and O–H groups in total. The minimum atomic E-state index is -0.600. The third-order valence-corrected chi connectivity index (χ3v) is 5.83. The van der Waals surface area contributed by atoms with Crippen molar-refractivity contribution >= 4 is 46.9 Å². The molecule has 0 saturated carbocycles. The smallest absolute Gasteiger partial charge is 0.249 e. The van der Waals surface area contributed by atoms with Gasteiger partial charge in [0.1, 0.15) is 6.61 Å². The lowest BCUT2D eigenvalue weighted by molar-refractivity contribution is 0.0999. The predicted octanol–water partition coefficient (Wildman–Crippen LogP) is 5.56. The zero-order valence-electron chi connectivity index (χ0n) is 17.8. The normalized spacial score (nSPS) is 12.5. The van der Waals surface area contributed by atoms with E-state index < -0.39 is 11.7 Å². The summed E-state index contributed by atoms with van der Waals surface area (Å²) < 4.78 is 19.9. The number of aromatic amines is 1. The molecule has 5 nitrogen and oxygen atoms in total. The number of ether oxygens (including phenoxy) is 1. The number of carbonyl (C=O) groups excluding carboxylic acids is 1. The van der Waals surface area contributed by atoms with Crippen LogP contribution < -0.4 is 10.5 Å². The first kappa shape index (κ1) is 24.0. The Kier molecular flexibility index (Phi) is 7.69. The van der Waals surface area contributed by atoms with E-state index in [-0.39, 0.29) is 30.3 Å². The van der Waals surface area contributed by atoms with Gasteiger partial charge in [-0.25, -0.2) is 4.39 Å². The van der Waals surface area contributed by atoms with Gasteiger partial charge in [0.05, 0.1) is 11.3 Å². The fourth-order valence-corrected chi connectivity index (χ4v) is 4.27. The van der Waals surface area contributed by atoms with Crippen LogP contribution in [0, 0.1) is 5.82 Å². The van der Waals surface area contributed by atoms with Gasteiger partial charge in [-0.05, 0) is 61.2 Å². The third-order valence-electron chi connectivity index (χ3n) is 5.59. The summed E-state index contributed by atoms with van der Waals surface area (Å²) in [6.07, 6.45) is 6.65. The van der Waals surface area contributed by atoms with Crippen LogP contribution in [0.4, 0.5) is 4.39 Å². The molecule has 0 spiro atoms. The molecule has 0 bridgehead atoms. The van der Waals surface area contributed by atoms with E-state index in [1.54, 1.807) is 0 Å². The maximum Gasteiger partial charge on any atom is 0.249 e. The van der Waals surface area contributed by atoms with Crippen LogP contribution in [-0.2, 0) is 6.42 Å². The summed E-state index contributed by atoms with van der Waals surface area (Å²) >= 11 is 6.16. The van der Waals surface area contributed by atoms with E-state index in [9.17, 15) is 9.18 Å². The van der Waals surface area contributed by atoms with Crippen molar-refractivity contribution in [1.82, 2.24) is 9.88 Å². The minimum Gasteiger partial charge on any atom is -0.484 e. The number of aryl methyl sites for hydroxylation is 1. The average Bonchev–Trinajstić information content (AvgIpc) is 3.15. The van der Waals surface area contributed by atoms with E-state index in [4.69, 9.17) is 22.1 Å². The number of aromatic nitrogens is 1. The van der Waals surface area contributed by atoms with Crippen LogP contribution in [0.25, 0.3) is 17.0 Å². The molecule has 0 atom stereocenters. The van der Waals surface area contributed by atoms with E-state index in [1.807, 2.05) is 30.5 Å². The summed E-state index contributed by atoms with van der Waals surface area (Å²) in [5.41, 5.74) is 9.39. The number of hydrogen-bond donors (Lipinski definition) is 2. The quantitative estimate of drug-likeness (QED) is 0.446. The number of H-pyrrole nitrogens is 1. The highest BCUT2D eigenvalue weighted by Gasteiger charge is 2.23. The van der Waals surface area contributed by atoms with Crippen LogP contribution in [-0.4, -0.2) is 35.5 Å². The topological polar surface area (TPSA) is 71.3 Å². The molecule has 8 heteroatoms. The van der Waals surface area contributed by atoms with Crippen molar-refractivity contribution in [2.75, 3.05) is 19.7 Å². The molecular formula is C24H26Cl2FN3O2. The highest BCUT2D eigenvalue weighted by molar-refractivity contribution is 6.31. The fourth-order valence-electron chi connectivity index (χ4n) is 4.10. The van der Waals surface area contributed by atoms with E-state index in [1.165, 1.54) is 17.7 Å². The SMILES string of the molecule is CCCN(CCCc1c[nH]c2ccc(Cl)cc12)C1=Cc2c(C(N)=O)ccc(F)c2OC1.Cl. The molecule has 1 aliphatic heterocycles. The number of nitrogens with one attached hydrogen (secondary N) is 1. The molecule has 1 amide bonds. The number of nitrogens with two attached hydrogens (primary N) is 1. The van der Waals surface area contributed by atoms with Crippen molar-refractivity contribution in [2.45, 2.75) is 26.2 Å².